The zero-order chi connectivity index (χ0) is 14.9. The van der Waals surface area contributed by atoms with E-state index in [0.717, 1.165) is 36.3 Å². The van der Waals surface area contributed by atoms with Crippen LogP contribution in [0.1, 0.15) is 37.6 Å². The van der Waals surface area contributed by atoms with Crippen molar-refractivity contribution in [1.82, 2.24) is 9.88 Å². The molecule has 1 atom stereocenters. The first kappa shape index (κ1) is 14.5. The molecule has 0 radical (unpaired) electrons. The number of carboxylic acids is 1. The molecule has 0 amide bonds. The maximum atomic E-state index is 11.8. The molecule has 1 unspecified atom stereocenters. The lowest BCUT2D eigenvalue weighted by molar-refractivity contribution is -0.150. The van der Waals surface area contributed by atoms with E-state index in [0.29, 0.717) is 13.0 Å². The summed E-state index contributed by atoms with van der Waals surface area (Å²) in [5, 5.41) is 10.7. The number of rotatable bonds is 5. The third-order valence-electron chi connectivity index (χ3n) is 4.35. The summed E-state index contributed by atoms with van der Waals surface area (Å²) in [5.74, 6) is -0.678. The third-order valence-corrected chi connectivity index (χ3v) is 5.37. The molecule has 0 aliphatic carbocycles. The van der Waals surface area contributed by atoms with Crippen LogP contribution in [0.25, 0.3) is 10.2 Å². The number of hydrogen-bond donors (Lipinski definition) is 1. The van der Waals surface area contributed by atoms with Crippen molar-refractivity contribution < 1.29 is 9.90 Å². The van der Waals surface area contributed by atoms with Gasteiger partial charge in [0.05, 0.1) is 16.8 Å². The van der Waals surface area contributed by atoms with Gasteiger partial charge in [-0.25, -0.2) is 4.98 Å². The molecule has 1 aliphatic rings. The average molecular weight is 304 g/mol. The molecule has 1 aromatic heterocycles. The zero-order valence-electron chi connectivity index (χ0n) is 12.2. The van der Waals surface area contributed by atoms with Crippen LogP contribution in [-0.4, -0.2) is 33.0 Å². The Balaban J connectivity index is 1.86. The zero-order valence-corrected chi connectivity index (χ0v) is 13.0. The van der Waals surface area contributed by atoms with Crippen LogP contribution in [0.3, 0.4) is 0 Å². The van der Waals surface area contributed by atoms with Crippen LogP contribution in [0.4, 0.5) is 0 Å². The van der Waals surface area contributed by atoms with Crippen LogP contribution in [0.2, 0.25) is 0 Å². The smallest absolute Gasteiger partial charge is 0.324 e. The number of carboxylic acid groups (broad SMARTS) is 1. The standard InChI is InChI=1S/C16H20N2O2S/c1-2-8-16(15(19)20)9-5-10-18(16)11-14-17-12-6-3-4-7-13(12)21-14/h3-4,6-7H,2,5,8-11H2,1H3,(H,19,20). The lowest BCUT2D eigenvalue weighted by atomic mass is 9.91. The largest absolute Gasteiger partial charge is 0.480 e. The SMILES string of the molecule is CCCC1(C(=O)O)CCCN1Cc1nc2ccccc2s1. The van der Waals surface area contributed by atoms with Crippen molar-refractivity contribution in [2.45, 2.75) is 44.7 Å². The highest BCUT2D eigenvalue weighted by Crippen LogP contribution is 2.36. The van der Waals surface area contributed by atoms with Crippen LogP contribution in [0.5, 0.6) is 0 Å². The van der Waals surface area contributed by atoms with E-state index in [4.69, 9.17) is 0 Å². The second-order valence-corrected chi connectivity index (χ2v) is 6.80. The highest BCUT2D eigenvalue weighted by Gasteiger charge is 2.46. The van der Waals surface area contributed by atoms with Crippen molar-refractivity contribution in [2.24, 2.45) is 0 Å². The summed E-state index contributed by atoms with van der Waals surface area (Å²) in [7, 11) is 0. The second-order valence-electron chi connectivity index (χ2n) is 5.69. The molecule has 1 aromatic carbocycles. The van der Waals surface area contributed by atoms with Gasteiger partial charge in [0.2, 0.25) is 0 Å². The highest BCUT2D eigenvalue weighted by atomic mass is 32.1. The Morgan fingerprint density at radius 2 is 2.29 bits per heavy atom. The lowest BCUT2D eigenvalue weighted by Crippen LogP contribution is -2.49. The predicted octanol–water partition coefficient (Wildman–Crippen LogP) is 3.52. The van der Waals surface area contributed by atoms with Gasteiger partial charge >= 0.3 is 5.97 Å². The van der Waals surface area contributed by atoms with E-state index in [2.05, 4.69) is 22.9 Å². The molecule has 5 heteroatoms. The van der Waals surface area contributed by atoms with Gasteiger partial charge < -0.3 is 5.11 Å². The first-order valence-corrected chi connectivity index (χ1v) is 8.30. The van der Waals surface area contributed by atoms with Crippen LogP contribution < -0.4 is 0 Å². The van der Waals surface area contributed by atoms with Gasteiger partial charge in [0.25, 0.3) is 0 Å². The van der Waals surface area contributed by atoms with Gasteiger partial charge in [0, 0.05) is 0 Å². The molecule has 4 nitrogen and oxygen atoms in total. The van der Waals surface area contributed by atoms with E-state index in [9.17, 15) is 9.90 Å². The van der Waals surface area contributed by atoms with Gasteiger partial charge in [-0.1, -0.05) is 25.5 Å². The normalized spacial score (nSPS) is 22.9. The van der Waals surface area contributed by atoms with Gasteiger partial charge in [-0.15, -0.1) is 11.3 Å². The minimum Gasteiger partial charge on any atom is -0.480 e. The Morgan fingerprint density at radius 1 is 1.48 bits per heavy atom. The molecule has 112 valence electrons. The Bertz CT molecular complexity index is 622. The quantitative estimate of drug-likeness (QED) is 0.918. The molecule has 2 aromatic rings. The Hall–Kier alpha value is -1.46. The number of carbonyl (C=O) groups is 1. The topological polar surface area (TPSA) is 53.4 Å². The van der Waals surface area contributed by atoms with E-state index in [-0.39, 0.29) is 0 Å². The fourth-order valence-corrected chi connectivity index (χ4v) is 4.34. The Kier molecular flexibility index (Phi) is 3.95. The van der Waals surface area contributed by atoms with Gasteiger partial charge in [0.1, 0.15) is 10.5 Å². The summed E-state index contributed by atoms with van der Waals surface area (Å²) in [6.45, 7) is 3.55. The monoisotopic (exact) mass is 304 g/mol. The number of fused-ring (bicyclic) bond motifs is 1. The van der Waals surface area contributed by atoms with E-state index < -0.39 is 11.5 Å². The number of likely N-dealkylation sites (tertiary alicyclic amines) is 1. The minimum atomic E-state index is -0.688. The molecule has 2 heterocycles. The summed E-state index contributed by atoms with van der Waals surface area (Å²) in [6.07, 6.45) is 3.31. The van der Waals surface area contributed by atoms with E-state index >= 15 is 0 Å². The number of hydrogen-bond acceptors (Lipinski definition) is 4. The van der Waals surface area contributed by atoms with Crippen molar-refractivity contribution in [3.05, 3.63) is 29.3 Å². The van der Waals surface area contributed by atoms with Crippen molar-refractivity contribution in [2.75, 3.05) is 6.54 Å². The minimum absolute atomic E-state index is 0.644. The summed E-state index contributed by atoms with van der Waals surface area (Å²) in [4.78, 5) is 18.6. The molecule has 1 saturated heterocycles. The van der Waals surface area contributed by atoms with Gasteiger partial charge in [-0.05, 0) is 37.9 Å². The molecule has 21 heavy (non-hydrogen) atoms. The van der Waals surface area contributed by atoms with Crippen molar-refractivity contribution in [1.29, 1.82) is 0 Å². The van der Waals surface area contributed by atoms with E-state index in [1.54, 1.807) is 11.3 Å². The first-order chi connectivity index (χ1) is 10.2. The van der Waals surface area contributed by atoms with Crippen molar-refractivity contribution in [3.8, 4) is 0 Å². The summed E-state index contributed by atoms with van der Waals surface area (Å²) in [6, 6.07) is 8.08. The Morgan fingerprint density at radius 3 is 3.00 bits per heavy atom. The molecule has 3 rings (SSSR count). The third kappa shape index (κ3) is 2.56. The summed E-state index contributed by atoms with van der Waals surface area (Å²) in [5.41, 5.74) is 0.320. The molecule has 1 aliphatic heterocycles. The number of thiazole rings is 1. The molecule has 1 N–H and O–H groups in total. The Labute approximate surface area is 128 Å². The molecular formula is C16H20N2O2S. The van der Waals surface area contributed by atoms with E-state index in [1.165, 1.54) is 4.70 Å². The summed E-state index contributed by atoms with van der Waals surface area (Å²) >= 11 is 1.67. The fourth-order valence-electron chi connectivity index (χ4n) is 3.36. The highest BCUT2D eigenvalue weighted by molar-refractivity contribution is 7.18. The number of benzene rings is 1. The number of nitrogens with zero attached hydrogens (tertiary/aromatic N) is 2. The first-order valence-electron chi connectivity index (χ1n) is 7.48. The van der Waals surface area contributed by atoms with Gasteiger partial charge in [-0.2, -0.15) is 0 Å². The van der Waals surface area contributed by atoms with Gasteiger partial charge in [-0.3, -0.25) is 9.69 Å². The predicted molar refractivity (Wildman–Crippen MR) is 84.5 cm³/mol. The molecular weight excluding hydrogens is 284 g/mol. The van der Waals surface area contributed by atoms with Crippen LogP contribution >= 0.6 is 11.3 Å². The molecule has 0 spiro atoms. The van der Waals surface area contributed by atoms with Crippen LogP contribution in [0.15, 0.2) is 24.3 Å². The van der Waals surface area contributed by atoms with Crippen molar-refractivity contribution >= 4 is 27.5 Å². The fraction of sp³-hybridized carbons (Fsp3) is 0.500. The molecule has 0 bridgehead atoms. The van der Waals surface area contributed by atoms with Gasteiger partial charge in [0.15, 0.2) is 0 Å². The van der Waals surface area contributed by atoms with Crippen molar-refractivity contribution in [3.63, 3.8) is 0 Å². The average Bonchev–Trinajstić information content (AvgIpc) is 3.04. The molecule has 0 saturated carbocycles. The maximum Gasteiger partial charge on any atom is 0.324 e. The van der Waals surface area contributed by atoms with Crippen LogP contribution in [0, 0.1) is 0 Å². The summed E-state index contributed by atoms with van der Waals surface area (Å²) < 4.78 is 1.17. The number of aliphatic carboxylic acids is 1. The number of para-hydroxylation sites is 1. The molecule has 1 fully saturated rings. The second kappa shape index (κ2) is 5.73. The lowest BCUT2D eigenvalue weighted by Gasteiger charge is -2.34. The van der Waals surface area contributed by atoms with Crippen LogP contribution in [-0.2, 0) is 11.3 Å². The number of aromatic nitrogens is 1. The maximum absolute atomic E-state index is 11.8. The van der Waals surface area contributed by atoms with E-state index in [1.807, 2.05) is 18.2 Å².